The summed E-state index contributed by atoms with van der Waals surface area (Å²) in [6, 6.07) is 4.86. The number of methoxy groups -OCH3 is 1. The first-order chi connectivity index (χ1) is 9.73. The quantitative estimate of drug-likeness (QED) is 0.714. The summed E-state index contributed by atoms with van der Waals surface area (Å²) < 4.78 is 5.06. The first-order valence-electron chi connectivity index (χ1n) is 6.75. The molecule has 21 heavy (non-hydrogen) atoms. The number of nitrogens with one attached hydrogen (secondary N) is 2. The number of hydrogen-bond acceptors (Lipinski definition) is 4. The van der Waals surface area contributed by atoms with Gasteiger partial charge in [0.15, 0.2) is 0 Å². The number of nitrogens with two attached hydrogens (primary N) is 1. The molecule has 2 amide bonds. The van der Waals surface area contributed by atoms with Crippen molar-refractivity contribution in [1.29, 1.82) is 0 Å². The van der Waals surface area contributed by atoms with Crippen molar-refractivity contribution in [1.82, 2.24) is 10.6 Å². The van der Waals surface area contributed by atoms with E-state index >= 15 is 0 Å². The number of rotatable bonds is 5. The molecular formula is C15H23N3O3. The van der Waals surface area contributed by atoms with Crippen molar-refractivity contribution < 1.29 is 14.3 Å². The second-order valence-corrected chi connectivity index (χ2v) is 5.76. The number of carbonyl (C=O) groups excluding carboxylic acids is 2. The van der Waals surface area contributed by atoms with Crippen molar-refractivity contribution in [3.8, 4) is 5.75 Å². The molecule has 0 radical (unpaired) electrons. The van der Waals surface area contributed by atoms with E-state index in [2.05, 4.69) is 10.6 Å². The Morgan fingerprint density at radius 2 is 1.95 bits per heavy atom. The molecule has 0 saturated carbocycles. The zero-order valence-electron chi connectivity index (χ0n) is 12.9. The minimum atomic E-state index is -0.324. The van der Waals surface area contributed by atoms with E-state index in [0.29, 0.717) is 17.0 Å². The molecular weight excluding hydrogens is 270 g/mol. The molecule has 1 rings (SSSR count). The van der Waals surface area contributed by atoms with Crippen LogP contribution < -0.4 is 21.1 Å². The number of amides is 2. The third-order valence-corrected chi connectivity index (χ3v) is 2.66. The Morgan fingerprint density at radius 1 is 1.29 bits per heavy atom. The third kappa shape index (κ3) is 5.72. The number of benzene rings is 1. The molecule has 0 bridgehead atoms. The Balaban J connectivity index is 2.53. The molecule has 0 unspecified atom stereocenters. The van der Waals surface area contributed by atoms with Crippen LogP contribution in [0.5, 0.6) is 5.75 Å². The highest BCUT2D eigenvalue weighted by Crippen LogP contribution is 2.19. The van der Waals surface area contributed by atoms with Crippen LogP contribution in [0.1, 0.15) is 37.6 Å². The molecule has 0 aliphatic rings. The summed E-state index contributed by atoms with van der Waals surface area (Å²) >= 11 is 0. The molecule has 0 aromatic heterocycles. The van der Waals surface area contributed by atoms with Crippen LogP contribution in [-0.2, 0) is 4.79 Å². The Hall–Kier alpha value is -2.24. The molecule has 0 aliphatic carbocycles. The molecule has 0 heterocycles. The number of nitrogen functional groups attached to an aromatic ring is 1. The number of anilines is 1. The van der Waals surface area contributed by atoms with Crippen LogP contribution >= 0.6 is 0 Å². The van der Waals surface area contributed by atoms with Crippen LogP contribution in [0.3, 0.4) is 0 Å². The van der Waals surface area contributed by atoms with E-state index in [1.165, 1.54) is 7.11 Å². The van der Waals surface area contributed by atoms with Crippen molar-refractivity contribution in [3.63, 3.8) is 0 Å². The summed E-state index contributed by atoms with van der Waals surface area (Å²) in [7, 11) is 1.52. The summed E-state index contributed by atoms with van der Waals surface area (Å²) in [5.41, 5.74) is 6.19. The lowest BCUT2D eigenvalue weighted by molar-refractivity contribution is -0.122. The van der Waals surface area contributed by atoms with Crippen molar-refractivity contribution in [2.45, 2.75) is 32.7 Å². The Labute approximate surface area is 125 Å². The molecule has 4 N–H and O–H groups in total. The Morgan fingerprint density at radius 3 is 2.52 bits per heavy atom. The van der Waals surface area contributed by atoms with E-state index in [1.54, 1.807) is 18.2 Å². The number of carbonyl (C=O) groups is 2. The van der Waals surface area contributed by atoms with E-state index in [4.69, 9.17) is 10.5 Å². The van der Waals surface area contributed by atoms with E-state index in [1.807, 2.05) is 20.8 Å². The third-order valence-electron chi connectivity index (χ3n) is 2.66. The minimum absolute atomic E-state index is 0.110. The monoisotopic (exact) mass is 293 g/mol. The molecule has 116 valence electrons. The van der Waals surface area contributed by atoms with Gasteiger partial charge in [0.1, 0.15) is 5.75 Å². The van der Waals surface area contributed by atoms with Gasteiger partial charge in [0.25, 0.3) is 5.91 Å². The molecule has 6 heteroatoms. The van der Waals surface area contributed by atoms with Gasteiger partial charge in [-0.3, -0.25) is 9.59 Å². The van der Waals surface area contributed by atoms with Gasteiger partial charge in [-0.25, -0.2) is 0 Å². The molecule has 0 fully saturated rings. The normalized spacial score (nSPS) is 10.9. The van der Waals surface area contributed by atoms with Crippen LogP contribution in [0, 0.1) is 0 Å². The SMILES string of the molecule is COc1ccc(N)c(C(=O)NCCC(=O)NC(C)(C)C)c1. The maximum atomic E-state index is 12.0. The van der Waals surface area contributed by atoms with E-state index < -0.39 is 0 Å². The predicted octanol–water partition coefficient (Wildman–Crippen LogP) is 1.31. The molecule has 0 spiro atoms. The van der Waals surface area contributed by atoms with Gasteiger partial charge in [-0.05, 0) is 39.0 Å². The topological polar surface area (TPSA) is 93.4 Å². The highest BCUT2D eigenvalue weighted by Gasteiger charge is 2.14. The van der Waals surface area contributed by atoms with Crippen LogP contribution in [-0.4, -0.2) is 31.0 Å². The molecule has 1 aromatic rings. The van der Waals surface area contributed by atoms with E-state index in [-0.39, 0.29) is 30.3 Å². The summed E-state index contributed by atoms with van der Waals surface area (Å²) in [5, 5.41) is 5.50. The first kappa shape index (κ1) is 16.8. The first-order valence-corrected chi connectivity index (χ1v) is 6.75. The van der Waals surface area contributed by atoms with Gasteiger partial charge < -0.3 is 21.1 Å². The highest BCUT2D eigenvalue weighted by molar-refractivity contribution is 5.99. The van der Waals surface area contributed by atoms with Gasteiger partial charge in [0, 0.05) is 24.2 Å². The van der Waals surface area contributed by atoms with Gasteiger partial charge in [0.05, 0.1) is 12.7 Å². The van der Waals surface area contributed by atoms with Gasteiger partial charge in [-0.1, -0.05) is 0 Å². The Bertz CT molecular complexity index is 521. The fourth-order valence-electron chi connectivity index (χ4n) is 1.72. The van der Waals surface area contributed by atoms with Crippen LogP contribution in [0.25, 0.3) is 0 Å². The summed E-state index contributed by atoms with van der Waals surface area (Å²) in [6.45, 7) is 5.96. The van der Waals surface area contributed by atoms with Crippen molar-refractivity contribution in [2.75, 3.05) is 19.4 Å². The van der Waals surface area contributed by atoms with E-state index in [0.717, 1.165) is 0 Å². The lowest BCUT2D eigenvalue weighted by atomic mass is 10.1. The lowest BCUT2D eigenvalue weighted by Crippen LogP contribution is -2.42. The Kier molecular flexibility index (Phi) is 5.58. The van der Waals surface area contributed by atoms with Crippen molar-refractivity contribution >= 4 is 17.5 Å². The van der Waals surface area contributed by atoms with Gasteiger partial charge in [-0.15, -0.1) is 0 Å². The number of ether oxygens (including phenoxy) is 1. The fraction of sp³-hybridized carbons (Fsp3) is 0.467. The maximum absolute atomic E-state index is 12.0. The second-order valence-electron chi connectivity index (χ2n) is 5.76. The van der Waals surface area contributed by atoms with Gasteiger partial charge in [0.2, 0.25) is 5.91 Å². The fourth-order valence-corrected chi connectivity index (χ4v) is 1.72. The summed E-state index contributed by atoms with van der Waals surface area (Å²) in [4.78, 5) is 23.7. The van der Waals surface area contributed by atoms with Crippen LogP contribution in [0.2, 0.25) is 0 Å². The van der Waals surface area contributed by atoms with E-state index in [9.17, 15) is 9.59 Å². The largest absolute Gasteiger partial charge is 0.497 e. The molecule has 0 atom stereocenters. The lowest BCUT2D eigenvalue weighted by Gasteiger charge is -2.20. The summed E-state index contributed by atoms with van der Waals surface area (Å²) in [6.07, 6.45) is 0.215. The molecule has 6 nitrogen and oxygen atoms in total. The van der Waals surface area contributed by atoms with Crippen molar-refractivity contribution in [3.05, 3.63) is 23.8 Å². The average Bonchev–Trinajstić information content (AvgIpc) is 2.37. The second kappa shape index (κ2) is 6.97. The predicted molar refractivity (Wildman–Crippen MR) is 82.3 cm³/mol. The van der Waals surface area contributed by atoms with Gasteiger partial charge >= 0.3 is 0 Å². The van der Waals surface area contributed by atoms with Crippen molar-refractivity contribution in [2.24, 2.45) is 0 Å². The number of hydrogen-bond donors (Lipinski definition) is 3. The maximum Gasteiger partial charge on any atom is 0.253 e. The van der Waals surface area contributed by atoms with Crippen LogP contribution in [0.4, 0.5) is 5.69 Å². The smallest absolute Gasteiger partial charge is 0.253 e. The molecule has 0 saturated heterocycles. The standard InChI is InChI=1S/C15H23N3O3/c1-15(2,3)18-13(19)7-8-17-14(20)11-9-10(21-4)5-6-12(11)16/h5-6,9H,7-8,16H2,1-4H3,(H,17,20)(H,18,19). The minimum Gasteiger partial charge on any atom is -0.497 e. The average molecular weight is 293 g/mol. The van der Waals surface area contributed by atoms with Gasteiger partial charge in [-0.2, -0.15) is 0 Å². The molecule has 0 aliphatic heterocycles. The zero-order chi connectivity index (χ0) is 16.0. The zero-order valence-corrected chi connectivity index (χ0v) is 12.9. The highest BCUT2D eigenvalue weighted by atomic mass is 16.5. The summed E-state index contributed by atoms with van der Waals surface area (Å²) in [5.74, 6) is 0.121. The molecule has 1 aromatic carbocycles. The van der Waals surface area contributed by atoms with Crippen LogP contribution in [0.15, 0.2) is 18.2 Å².